The van der Waals surface area contributed by atoms with Crippen LogP contribution in [0, 0.1) is 11.7 Å². The van der Waals surface area contributed by atoms with Crippen molar-refractivity contribution in [3.63, 3.8) is 0 Å². The summed E-state index contributed by atoms with van der Waals surface area (Å²) in [5, 5.41) is 12.7. The first kappa shape index (κ1) is 14.9. The summed E-state index contributed by atoms with van der Waals surface area (Å²) in [4.78, 5) is 0. The number of nitrogens with one attached hydrogen (secondary N) is 1. The average Bonchev–Trinajstić information content (AvgIpc) is 2.57. The largest absolute Gasteiger partial charge is 0.505 e. The standard InChI is InChI=1S/C18H20FNO2/c19-16-12-15(6-7-17(16)21)22-18(13-4-2-1-3-5-13)14-8-10-20-11-9-14/h1-7,12,14,18,20-21H,8-11H2. The van der Waals surface area contributed by atoms with Crippen molar-refractivity contribution in [2.24, 2.45) is 5.92 Å². The molecule has 0 radical (unpaired) electrons. The minimum Gasteiger partial charge on any atom is -0.505 e. The van der Waals surface area contributed by atoms with Crippen molar-refractivity contribution < 1.29 is 14.2 Å². The van der Waals surface area contributed by atoms with Crippen LogP contribution < -0.4 is 10.1 Å². The summed E-state index contributed by atoms with van der Waals surface area (Å²) in [7, 11) is 0. The van der Waals surface area contributed by atoms with Gasteiger partial charge in [0.05, 0.1) is 0 Å². The highest BCUT2D eigenvalue weighted by Crippen LogP contribution is 2.34. The number of hydrogen-bond acceptors (Lipinski definition) is 3. The molecule has 1 atom stereocenters. The molecule has 0 aromatic heterocycles. The molecule has 1 fully saturated rings. The number of piperidine rings is 1. The van der Waals surface area contributed by atoms with Crippen LogP contribution in [0.25, 0.3) is 0 Å². The van der Waals surface area contributed by atoms with Gasteiger partial charge in [0, 0.05) is 12.0 Å². The van der Waals surface area contributed by atoms with E-state index in [4.69, 9.17) is 4.74 Å². The molecule has 0 amide bonds. The maximum Gasteiger partial charge on any atom is 0.168 e. The van der Waals surface area contributed by atoms with Gasteiger partial charge in [0.1, 0.15) is 11.9 Å². The molecule has 1 saturated heterocycles. The van der Waals surface area contributed by atoms with Crippen molar-refractivity contribution in [1.29, 1.82) is 0 Å². The van der Waals surface area contributed by atoms with Gasteiger partial charge >= 0.3 is 0 Å². The monoisotopic (exact) mass is 301 g/mol. The third kappa shape index (κ3) is 3.39. The molecule has 0 bridgehead atoms. The fraction of sp³-hybridized carbons (Fsp3) is 0.333. The van der Waals surface area contributed by atoms with E-state index in [1.165, 1.54) is 12.1 Å². The number of benzene rings is 2. The van der Waals surface area contributed by atoms with Gasteiger partial charge in [-0.3, -0.25) is 0 Å². The fourth-order valence-electron chi connectivity index (χ4n) is 2.93. The third-order valence-corrected chi connectivity index (χ3v) is 4.12. The molecule has 3 rings (SSSR count). The Bertz CT molecular complexity index is 612. The molecular formula is C18H20FNO2. The van der Waals surface area contributed by atoms with Gasteiger partial charge in [0.25, 0.3) is 0 Å². The van der Waals surface area contributed by atoms with Crippen LogP contribution in [0.5, 0.6) is 11.5 Å². The van der Waals surface area contributed by atoms with Gasteiger partial charge in [-0.25, -0.2) is 4.39 Å². The zero-order chi connectivity index (χ0) is 15.4. The molecule has 4 heteroatoms. The van der Waals surface area contributed by atoms with Crippen LogP contribution in [0.4, 0.5) is 4.39 Å². The quantitative estimate of drug-likeness (QED) is 0.905. The fourth-order valence-corrected chi connectivity index (χ4v) is 2.93. The molecule has 1 aliphatic heterocycles. The van der Waals surface area contributed by atoms with E-state index in [9.17, 15) is 9.50 Å². The lowest BCUT2D eigenvalue weighted by molar-refractivity contribution is 0.112. The Balaban J connectivity index is 1.86. The Morgan fingerprint density at radius 1 is 1.09 bits per heavy atom. The van der Waals surface area contributed by atoms with Gasteiger partial charge in [-0.2, -0.15) is 0 Å². The van der Waals surface area contributed by atoms with Crippen LogP contribution in [0.15, 0.2) is 48.5 Å². The van der Waals surface area contributed by atoms with Crippen molar-refractivity contribution >= 4 is 0 Å². The predicted molar refractivity (Wildman–Crippen MR) is 83.5 cm³/mol. The van der Waals surface area contributed by atoms with Gasteiger partial charge in [0.15, 0.2) is 11.6 Å². The highest BCUT2D eigenvalue weighted by atomic mass is 19.1. The van der Waals surface area contributed by atoms with E-state index in [0.29, 0.717) is 11.7 Å². The molecule has 116 valence electrons. The minimum absolute atomic E-state index is 0.104. The molecular weight excluding hydrogens is 281 g/mol. The molecule has 1 heterocycles. The number of rotatable bonds is 4. The van der Waals surface area contributed by atoms with E-state index >= 15 is 0 Å². The molecule has 3 nitrogen and oxygen atoms in total. The van der Waals surface area contributed by atoms with Crippen molar-refractivity contribution in [3.05, 3.63) is 59.9 Å². The van der Waals surface area contributed by atoms with Crippen molar-refractivity contribution in [3.8, 4) is 11.5 Å². The van der Waals surface area contributed by atoms with E-state index < -0.39 is 5.82 Å². The first-order valence-electron chi connectivity index (χ1n) is 7.65. The second kappa shape index (κ2) is 6.79. The molecule has 0 spiro atoms. The number of hydrogen-bond donors (Lipinski definition) is 2. The SMILES string of the molecule is Oc1ccc(OC(c2ccccc2)C2CCNCC2)cc1F. The summed E-state index contributed by atoms with van der Waals surface area (Å²) >= 11 is 0. The second-order valence-electron chi connectivity index (χ2n) is 5.65. The first-order chi connectivity index (χ1) is 10.7. The van der Waals surface area contributed by atoms with Gasteiger partial charge < -0.3 is 15.2 Å². The predicted octanol–water partition coefficient (Wildman–Crippen LogP) is 3.65. The molecule has 2 N–H and O–H groups in total. The first-order valence-corrected chi connectivity index (χ1v) is 7.65. The Morgan fingerprint density at radius 3 is 2.50 bits per heavy atom. The topological polar surface area (TPSA) is 41.5 Å². The molecule has 1 aliphatic rings. The molecule has 1 unspecified atom stereocenters. The lowest BCUT2D eigenvalue weighted by Gasteiger charge is -2.31. The molecule has 2 aromatic carbocycles. The normalized spacial score (nSPS) is 17.1. The third-order valence-electron chi connectivity index (χ3n) is 4.12. The van der Waals surface area contributed by atoms with Crippen molar-refractivity contribution in [2.45, 2.75) is 18.9 Å². The van der Waals surface area contributed by atoms with Gasteiger partial charge in [0.2, 0.25) is 0 Å². The van der Waals surface area contributed by atoms with Crippen molar-refractivity contribution in [1.82, 2.24) is 5.32 Å². The van der Waals surface area contributed by atoms with Gasteiger partial charge in [-0.1, -0.05) is 30.3 Å². The molecule has 22 heavy (non-hydrogen) atoms. The molecule has 2 aromatic rings. The summed E-state index contributed by atoms with van der Waals surface area (Å²) in [6, 6.07) is 14.2. The summed E-state index contributed by atoms with van der Waals surface area (Å²) in [6.45, 7) is 1.95. The Morgan fingerprint density at radius 2 is 1.82 bits per heavy atom. The molecule has 0 aliphatic carbocycles. The highest BCUT2D eigenvalue weighted by molar-refractivity contribution is 5.33. The number of halogens is 1. The van der Waals surface area contributed by atoms with E-state index in [-0.39, 0.29) is 11.9 Å². The summed E-state index contributed by atoms with van der Waals surface area (Å²) < 4.78 is 19.6. The zero-order valence-corrected chi connectivity index (χ0v) is 12.3. The average molecular weight is 301 g/mol. The van der Waals surface area contributed by atoms with E-state index in [1.54, 1.807) is 6.07 Å². The number of aromatic hydroxyl groups is 1. The summed E-state index contributed by atoms with van der Waals surface area (Å²) in [5.41, 5.74) is 1.10. The van der Waals surface area contributed by atoms with Crippen LogP contribution in [0.3, 0.4) is 0 Å². The molecule has 0 saturated carbocycles. The van der Waals surface area contributed by atoms with Crippen LogP contribution in [0.2, 0.25) is 0 Å². The summed E-state index contributed by atoms with van der Waals surface area (Å²) in [5.74, 6) is -0.177. The number of ether oxygens (including phenoxy) is 1. The maximum atomic E-state index is 13.5. The highest BCUT2D eigenvalue weighted by Gasteiger charge is 2.26. The number of phenols is 1. The van der Waals surface area contributed by atoms with E-state index in [2.05, 4.69) is 5.32 Å². The zero-order valence-electron chi connectivity index (χ0n) is 12.3. The Kier molecular flexibility index (Phi) is 4.59. The van der Waals surface area contributed by atoms with E-state index in [1.807, 2.05) is 30.3 Å². The number of phenolic OH excluding ortho intramolecular Hbond substituents is 1. The Labute approximate surface area is 129 Å². The Hall–Kier alpha value is -2.07. The van der Waals surface area contributed by atoms with Crippen LogP contribution in [-0.4, -0.2) is 18.2 Å². The van der Waals surface area contributed by atoms with Gasteiger partial charge in [-0.15, -0.1) is 0 Å². The lowest BCUT2D eigenvalue weighted by Crippen LogP contribution is -2.32. The summed E-state index contributed by atoms with van der Waals surface area (Å²) in [6.07, 6.45) is 1.95. The van der Waals surface area contributed by atoms with E-state index in [0.717, 1.165) is 31.5 Å². The van der Waals surface area contributed by atoms with Crippen molar-refractivity contribution in [2.75, 3.05) is 13.1 Å². The maximum absolute atomic E-state index is 13.5. The van der Waals surface area contributed by atoms with Crippen LogP contribution in [-0.2, 0) is 0 Å². The second-order valence-corrected chi connectivity index (χ2v) is 5.65. The van der Waals surface area contributed by atoms with Crippen LogP contribution >= 0.6 is 0 Å². The smallest absolute Gasteiger partial charge is 0.168 e. The van der Waals surface area contributed by atoms with Gasteiger partial charge in [-0.05, 0) is 43.6 Å². The van der Waals surface area contributed by atoms with Crippen LogP contribution in [0.1, 0.15) is 24.5 Å². The lowest BCUT2D eigenvalue weighted by atomic mass is 9.88. The minimum atomic E-state index is -0.658.